The molecule has 3 heterocycles. The minimum atomic E-state index is -1.30. The van der Waals surface area contributed by atoms with Gasteiger partial charge in [-0.1, -0.05) is 67.6 Å². The molecule has 51 heavy (non-hydrogen) atoms. The zero-order valence-corrected chi connectivity index (χ0v) is 30.1. The van der Waals surface area contributed by atoms with Gasteiger partial charge in [-0.25, -0.2) is 0 Å². The van der Waals surface area contributed by atoms with Crippen LogP contribution in [0.3, 0.4) is 0 Å². The molecule has 2 unspecified atom stereocenters. The van der Waals surface area contributed by atoms with Gasteiger partial charge in [0.1, 0.15) is 17.4 Å². The highest BCUT2D eigenvalue weighted by Gasteiger charge is 2.79. The molecular formula is C42H49N3O6. The Hall–Kier alpha value is -4.73. The summed E-state index contributed by atoms with van der Waals surface area (Å²) in [6, 6.07) is 20.5. The molecule has 0 radical (unpaired) electrons. The molecule has 3 aliphatic heterocycles. The van der Waals surface area contributed by atoms with Gasteiger partial charge >= 0.3 is 0 Å². The van der Waals surface area contributed by atoms with Crippen LogP contribution >= 0.6 is 0 Å². The normalized spacial score (nSPS) is 25.3. The number of amides is 3. The van der Waals surface area contributed by atoms with Gasteiger partial charge in [0, 0.05) is 24.5 Å². The lowest BCUT2D eigenvalue weighted by Gasteiger charge is -2.40. The summed E-state index contributed by atoms with van der Waals surface area (Å²) in [6.07, 6.45) is 4.75. The number of ether oxygens (including phenoxy) is 2. The summed E-state index contributed by atoms with van der Waals surface area (Å²) in [4.78, 5) is 50.6. The van der Waals surface area contributed by atoms with E-state index in [4.69, 9.17) is 9.47 Å². The average Bonchev–Trinajstić information content (AvgIpc) is 3.74. The van der Waals surface area contributed by atoms with E-state index in [9.17, 15) is 5.11 Å². The summed E-state index contributed by atoms with van der Waals surface area (Å²) >= 11 is 0. The highest BCUT2D eigenvalue weighted by Crippen LogP contribution is 2.65. The number of nitrogens with zero attached hydrogens (tertiary/aromatic N) is 3. The van der Waals surface area contributed by atoms with E-state index in [1.54, 1.807) is 22.0 Å². The lowest BCUT2D eigenvalue weighted by atomic mass is 9.64. The number of fused-ring (bicyclic) bond motifs is 1. The van der Waals surface area contributed by atoms with Crippen molar-refractivity contribution >= 4 is 29.1 Å². The molecule has 3 amide bonds. The lowest BCUT2D eigenvalue weighted by Crippen LogP contribution is -2.57. The van der Waals surface area contributed by atoms with Crippen LogP contribution in [-0.4, -0.2) is 71.3 Å². The van der Waals surface area contributed by atoms with Crippen molar-refractivity contribution in [2.24, 2.45) is 11.8 Å². The van der Waals surface area contributed by atoms with Gasteiger partial charge in [-0.3, -0.25) is 14.4 Å². The summed E-state index contributed by atoms with van der Waals surface area (Å²) in [6.45, 7) is 16.2. The third kappa shape index (κ3) is 5.86. The Bertz CT molecular complexity index is 1770. The van der Waals surface area contributed by atoms with Gasteiger partial charge in [0.25, 0.3) is 5.91 Å². The van der Waals surface area contributed by atoms with Crippen molar-refractivity contribution in [1.82, 2.24) is 4.90 Å². The van der Waals surface area contributed by atoms with Crippen LogP contribution in [0.2, 0.25) is 0 Å². The largest absolute Gasteiger partial charge is 0.494 e. The van der Waals surface area contributed by atoms with E-state index in [1.807, 2.05) is 100 Å². The first-order valence-electron chi connectivity index (χ1n) is 17.9. The van der Waals surface area contributed by atoms with Crippen LogP contribution in [0.5, 0.6) is 5.75 Å². The minimum absolute atomic E-state index is 0.199. The Morgan fingerprint density at radius 3 is 2.18 bits per heavy atom. The number of benzene rings is 3. The number of hydrogen-bond donors (Lipinski definition) is 1. The predicted molar refractivity (Wildman–Crippen MR) is 199 cm³/mol. The number of anilines is 2. The van der Waals surface area contributed by atoms with Crippen molar-refractivity contribution in [3.63, 3.8) is 0 Å². The molecular weight excluding hydrogens is 642 g/mol. The Labute approximate surface area is 301 Å². The highest BCUT2D eigenvalue weighted by atomic mass is 16.5. The van der Waals surface area contributed by atoms with Crippen molar-refractivity contribution < 1.29 is 29.0 Å². The predicted octanol–water partition coefficient (Wildman–Crippen LogP) is 6.33. The standard InChI is InChI=1S/C42H49N3O6/c1-7-25-43(31-19-21-32(22-20-31)50-10-4)38(47)34-35-39(48)45(33(27-46)30-17-12-11-13-18-30)37(42(35)24-23-41(34,9-3)51-42)40(49)44(26-8-2)36-28(5)15-14-16-29(36)6/h7-8,11-22,33-35,37,46H,1-2,9-10,23-27H2,3-6H3/t33-,34-,35+,37?,41+,42?/m1/s1. The number of rotatable bonds is 14. The van der Waals surface area contributed by atoms with Crippen molar-refractivity contribution in [3.05, 3.63) is 115 Å². The molecule has 3 aliphatic rings. The maximum atomic E-state index is 15.4. The van der Waals surface area contributed by atoms with Gasteiger partial charge in [-0.2, -0.15) is 0 Å². The molecule has 3 saturated heterocycles. The Morgan fingerprint density at radius 2 is 1.59 bits per heavy atom. The SMILES string of the molecule is C=CCN(C(=O)[C@H]1[C@H]2C(=O)N([C@H](CO)c3ccccc3)C(C(=O)N(CC=C)c3c(C)cccc3C)C23CC[C@]1(CC)O3)c1ccc(OCC)cc1. The number of aliphatic hydroxyl groups is 1. The van der Waals surface area contributed by atoms with Crippen molar-refractivity contribution in [1.29, 1.82) is 0 Å². The number of hydrogen-bond acceptors (Lipinski definition) is 6. The number of likely N-dealkylation sites (tertiary alicyclic amines) is 1. The van der Waals surface area contributed by atoms with Gasteiger partial charge in [0.15, 0.2) is 0 Å². The summed E-state index contributed by atoms with van der Waals surface area (Å²) < 4.78 is 12.8. The fraction of sp³-hybridized carbons (Fsp3) is 0.405. The molecule has 3 aromatic rings. The van der Waals surface area contributed by atoms with Crippen LogP contribution in [0.15, 0.2) is 98.1 Å². The van der Waals surface area contributed by atoms with E-state index in [-0.39, 0.29) is 30.8 Å². The second kappa shape index (κ2) is 14.5. The molecule has 9 nitrogen and oxygen atoms in total. The van der Waals surface area contributed by atoms with E-state index in [0.717, 1.165) is 16.8 Å². The number of carbonyl (C=O) groups excluding carboxylic acids is 3. The van der Waals surface area contributed by atoms with Gasteiger partial charge in [0.05, 0.1) is 36.7 Å². The molecule has 0 aliphatic carbocycles. The maximum Gasteiger partial charge on any atom is 0.253 e. The second-order valence-electron chi connectivity index (χ2n) is 13.8. The van der Waals surface area contributed by atoms with Gasteiger partial charge in [-0.05, 0) is 81.0 Å². The zero-order valence-electron chi connectivity index (χ0n) is 30.1. The summed E-state index contributed by atoms with van der Waals surface area (Å²) in [5.41, 5.74) is 1.62. The first kappa shape index (κ1) is 36.1. The Morgan fingerprint density at radius 1 is 0.941 bits per heavy atom. The first-order chi connectivity index (χ1) is 24.6. The molecule has 3 fully saturated rings. The molecule has 1 spiro atoms. The van der Waals surface area contributed by atoms with Gasteiger partial charge < -0.3 is 29.3 Å². The van der Waals surface area contributed by atoms with E-state index < -0.39 is 41.7 Å². The molecule has 3 aromatic carbocycles. The number of carbonyl (C=O) groups is 3. The van der Waals surface area contributed by atoms with Crippen LogP contribution in [0.4, 0.5) is 11.4 Å². The van der Waals surface area contributed by atoms with Crippen molar-refractivity contribution in [2.45, 2.75) is 70.2 Å². The van der Waals surface area contributed by atoms with Crippen LogP contribution < -0.4 is 14.5 Å². The molecule has 1 N–H and O–H groups in total. The smallest absolute Gasteiger partial charge is 0.253 e. The fourth-order valence-corrected chi connectivity index (χ4v) is 8.98. The Kier molecular flexibility index (Phi) is 10.2. The molecule has 0 aromatic heterocycles. The Balaban J connectivity index is 1.51. The number of aryl methyl sites for hydroxylation is 2. The van der Waals surface area contributed by atoms with E-state index in [1.165, 1.54) is 4.90 Å². The molecule has 268 valence electrons. The van der Waals surface area contributed by atoms with Crippen LogP contribution in [0.25, 0.3) is 0 Å². The van der Waals surface area contributed by atoms with Crippen LogP contribution in [0.1, 0.15) is 55.8 Å². The lowest BCUT2D eigenvalue weighted by molar-refractivity contribution is -0.149. The second-order valence-corrected chi connectivity index (χ2v) is 13.8. The fourth-order valence-electron chi connectivity index (χ4n) is 8.98. The van der Waals surface area contributed by atoms with Crippen molar-refractivity contribution in [2.75, 3.05) is 36.1 Å². The average molecular weight is 692 g/mol. The quantitative estimate of drug-likeness (QED) is 0.199. The van der Waals surface area contributed by atoms with Crippen LogP contribution in [-0.2, 0) is 19.1 Å². The number of aliphatic hydroxyl groups excluding tert-OH is 1. The highest BCUT2D eigenvalue weighted by molar-refractivity contribution is 6.07. The molecule has 9 heteroatoms. The first-order valence-corrected chi connectivity index (χ1v) is 17.9. The van der Waals surface area contributed by atoms with Gasteiger partial charge in [-0.15, -0.1) is 13.2 Å². The number of para-hydroxylation sites is 1. The van der Waals surface area contributed by atoms with Crippen molar-refractivity contribution in [3.8, 4) is 5.75 Å². The van der Waals surface area contributed by atoms with Crippen LogP contribution in [0, 0.1) is 25.7 Å². The monoisotopic (exact) mass is 691 g/mol. The topological polar surface area (TPSA) is 99.6 Å². The zero-order chi connectivity index (χ0) is 36.5. The maximum absolute atomic E-state index is 15.4. The molecule has 2 bridgehead atoms. The summed E-state index contributed by atoms with van der Waals surface area (Å²) in [5, 5.41) is 11.0. The molecule has 6 atom stereocenters. The van der Waals surface area contributed by atoms with E-state index in [0.29, 0.717) is 42.9 Å². The summed E-state index contributed by atoms with van der Waals surface area (Å²) in [7, 11) is 0. The third-order valence-corrected chi connectivity index (χ3v) is 11.1. The minimum Gasteiger partial charge on any atom is -0.494 e. The molecule has 6 rings (SSSR count). The van der Waals surface area contributed by atoms with E-state index >= 15 is 14.4 Å². The third-order valence-electron chi connectivity index (χ3n) is 11.1. The van der Waals surface area contributed by atoms with E-state index in [2.05, 4.69) is 13.2 Å². The van der Waals surface area contributed by atoms with Gasteiger partial charge in [0.2, 0.25) is 11.8 Å². The summed E-state index contributed by atoms with van der Waals surface area (Å²) in [5.74, 6) is -2.09. The molecule has 0 saturated carbocycles.